The number of hydrogen-bond acceptors (Lipinski definition) is 6. The van der Waals surface area contributed by atoms with E-state index in [-0.39, 0.29) is 5.91 Å². The molecule has 5 nitrogen and oxygen atoms in total. The molecule has 4 aromatic rings. The average Bonchev–Trinajstić information content (AvgIpc) is 3.30. The zero-order valence-electron chi connectivity index (χ0n) is 17.2. The van der Waals surface area contributed by atoms with Crippen molar-refractivity contribution in [3.8, 4) is 16.5 Å². The predicted molar refractivity (Wildman–Crippen MR) is 128 cm³/mol. The molecule has 7 heteroatoms. The molecule has 0 aliphatic heterocycles. The SMILES string of the molecule is CC(C)c1ccc2c(N)c(C(=O)Nc3sc4c(c3C#N)CCc3ccccc3-4)sc2n1. The average molecular weight is 445 g/mol. The van der Waals surface area contributed by atoms with Crippen LogP contribution >= 0.6 is 22.7 Å². The van der Waals surface area contributed by atoms with Crippen LogP contribution in [0.25, 0.3) is 20.7 Å². The number of carbonyl (C=O) groups excluding carboxylic acids is 1. The number of rotatable bonds is 3. The number of pyridine rings is 1. The monoisotopic (exact) mass is 444 g/mol. The van der Waals surface area contributed by atoms with Gasteiger partial charge in [0.05, 0.1) is 11.3 Å². The number of anilines is 2. The Labute approximate surface area is 188 Å². The minimum absolute atomic E-state index is 0.295. The zero-order valence-corrected chi connectivity index (χ0v) is 18.8. The molecule has 154 valence electrons. The van der Waals surface area contributed by atoms with Gasteiger partial charge in [-0.3, -0.25) is 4.79 Å². The molecule has 0 fully saturated rings. The highest BCUT2D eigenvalue weighted by molar-refractivity contribution is 7.22. The van der Waals surface area contributed by atoms with Crippen LogP contribution in [0.1, 0.15) is 51.8 Å². The summed E-state index contributed by atoms with van der Waals surface area (Å²) in [5, 5.41) is 14.2. The molecular weight excluding hydrogens is 424 g/mol. The van der Waals surface area contributed by atoms with Crippen LogP contribution in [0.4, 0.5) is 10.7 Å². The molecule has 1 amide bonds. The summed E-state index contributed by atoms with van der Waals surface area (Å²) in [5.74, 6) is -0.00140. The van der Waals surface area contributed by atoms with Crippen LogP contribution in [0, 0.1) is 11.3 Å². The lowest BCUT2D eigenvalue weighted by Gasteiger charge is -2.15. The molecule has 3 N–H and O–H groups in total. The highest BCUT2D eigenvalue weighted by Gasteiger charge is 2.26. The van der Waals surface area contributed by atoms with Gasteiger partial charge in [0.1, 0.15) is 20.8 Å². The minimum Gasteiger partial charge on any atom is -0.397 e. The Morgan fingerprint density at radius 2 is 2.00 bits per heavy atom. The number of nitrogens with two attached hydrogens (primary N) is 1. The molecule has 1 aromatic carbocycles. The Hall–Kier alpha value is -3.21. The fraction of sp³-hybridized carbons (Fsp3) is 0.208. The van der Waals surface area contributed by atoms with Crippen LogP contribution < -0.4 is 11.1 Å². The lowest BCUT2D eigenvalue weighted by atomic mass is 9.90. The highest BCUT2D eigenvalue weighted by Crippen LogP contribution is 2.45. The van der Waals surface area contributed by atoms with Gasteiger partial charge in [-0.1, -0.05) is 38.1 Å². The summed E-state index contributed by atoms with van der Waals surface area (Å²) in [6, 6.07) is 14.4. The number of hydrogen-bond donors (Lipinski definition) is 2. The number of nitriles is 1. The second-order valence-corrected chi connectivity index (χ2v) is 9.95. The standard InChI is InChI=1S/C24H20N4OS2/c1-12(2)18-10-9-16-19(26)21(31-23(16)27-18)22(29)28-24-17(11-25)15-8-7-13-5-3-4-6-14(13)20(15)30-24/h3-6,9-10,12H,7-8,26H2,1-2H3,(H,28,29). The Morgan fingerprint density at radius 3 is 2.77 bits per heavy atom. The highest BCUT2D eigenvalue weighted by atomic mass is 32.1. The van der Waals surface area contributed by atoms with E-state index in [0.29, 0.717) is 27.0 Å². The number of amides is 1. The van der Waals surface area contributed by atoms with Crippen LogP contribution in [0.5, 0.6) is 0 Å². The molecule has 0 atom stereocenters. The molecule has 0 bridgehead atoms. The van der Waals surface area contributed by atoms with Crippen LogP contribution in [0.3, 0.4) is 0 Å². The third-order valence-electron chi connectivity index (χ3n) is 5.67. The Bertz CT molecular complexity index is 1390. The summed E-state index contributed by atoms with van der Waals surface area (Å²) in [6.07, 6.45) is 1.70. The van der Waals surface area contributed by atoms with E-state index in [1.807, 2.05) is 24.3 Å². The molecular formula is C24H20N4OS2. The van der Waals surface area contributed by atoms with Gasteiger partial charge < -0.3 is 11.1 Å². The number of nitrogens with one attached hydrogen (secondary N) is 1. The van der Waals surface area contributed by atoms with Gasteiger partial charge in [0.25, 0.3) is 5.91 Å². The van der Waals surface area contributed by atoms with Crippen molar-refractivity contribution in [3.05, 3.63) is 63.7 Å². The van der Waals surface area contributed by atoms with Gasteiger partial charge in [0.15, 0.2) is 0 Å². The second kappa shape index (κ2) is 7.49. The molecule has 31 heavy (non-hydrogen) atoms. The van der Waals surface area contributed by atoms with E-state index < -0.39 is 0 Å². The fourth-order valence-corrected chi connectivity index (χ4v) is 6.26. The first-order valence-corrected chi connectivity index (χ1v) is 11.8. The molecule has 1 aliphatic carbocycles. The maximum absolute atomic E-state index is 13.1. The van der Waals surface area contributed by atoms with Gasteiger partial charge in [-0.25, -0.2) is 4.98 Å². The van der Waals surface area contributed by atoms with Gasteiger partial charge in [0.2, 0.25) is 0 Å². The van der Waals surface area contributed by atoms with Gasteiger partial charge in [0, 0.05) is 16.0 Å². The summed E-state index contributed by atoms with van der Waals surface area (Å²) in [5.41, 5.74) is 11.7. The van der Waals surface area contributed by atoms with E-state index in [9.17, 15) is 10.1 Å². The van der Waals surface area contributed by atoms with Crippen molar-refractivity contribution < 1.29 is 4.79 Å². The quantitative estimate of drug-likeness (QED) is 0.408. The van der Waals surface area contributed by atoms with Crippen LogP contribution in [-0.2, 0) is 12.8 Å². The number of nitrogens with zero attached hydrogens (tertiary/aromatic N) is 2. The molecule has 5 rings (SSSR count). The first-order valence-electron chi connectivity index (χ1n) is 10.1. The van der Waals surface area contributed by atoms with E-state index in [0.717, 1.165) is 44.8 Å². The van der Waals surface area contributed by atoms with Crippen LogP contribution in [0.15, 0.2) is 36.4 Å². The predicted octanol–water partition coefficient (Wildman–Crippen LogP) is 5.95. The summed E-state index contributed by atoms with van der Waals surface area (Å²) >= 11 is 2.76. The Balaban J connectivity index is 1.53. The smallest absolute Gasteiger partial charge is 0.268 e. The number of fused-ring (bicyclic) bond motifs is 4. The van der Waals surface area contributed by atoms with Crippen molar-refractivity contribution in [1.29, 1.82) is 5.26 Å². The van der Waals surface area contributed by atoms with E-state index in [2.05, 4.69) is 42.4 Å². The van der Waals surface area contributed by atoms with Crippen molar-refractivity contribution in [2.24, 2.45) is 0 Å². The summed E-state index contributed by atoms with van der Waals surface area (Å²) < 4.78 is 0. The van der Waals surface area contributed by atoms with Crippen LogP contribution in [-0.4, -0.2) is 10.9 Å². The summed E-state index contributed by atoms with van der Waals surface area (Å²) in [6.45, 7) is 4.16. The lowest BCUT2D eigenvalue weighted by Crippen LogP contribution is -2.12. The number of aromatic nitrogens is 1. The van der Waals surface area contributed by atoms with Crippen molar-refractivity contribution >= 4 is 49.5 Å². The van der Waals surface area contributed by atoms with Crippen molar-refractivity contribution in [2.75, 3.05) is 11.1 Å². The van der Waals surface area contributed by atoms with Crippen molar-refractivity contribution in [2.45, 2.75) is 32.6 Å². The normalized spacial score (nSPS) is 12.5. The van der Waals surface area contributed by atoms with E-state index >= 15 is 0 Å². The molecule has 0 unspecified atom stereocenters. The Kier molecular flexibility index (Phi) is 4.77. The zero-order chi connectivity index (χ0) is 21.7. The third kappa shape index (κ3) is 3.19. The molecule has 3 heterocycles. The maximum atomic E-state index is 13.1. The molecule has 0 saturated carbocycles. The first-order chi connectivity index (χ1) is 15.0. The summed E-state index contributed by atoms with van der Waals surface area (Å²) in [7, 11) is 0. The van der Waals surface area contributed by atoms with Gasteiger partial charge in [-0.2, -0.15) is 5.26 Å². The fourth-order valence-electron chi connectivity index (χ4n) is 4.01. The molecule has 0 saturated heterocycles. The third-order valence-corrected chi connectivity index (χ3v) is 7.96. The molecule has 3 aromatic heterocycles. The van der Waals surface area contributed by atoms with Crippen molar-refractivity contribution in [1.82, 2.24) is 4.98 Å². The first kappa shape index (κ1) is 19.7. The number of nitrogen functional groups attached to an aromatic ring is 1. The van der Waals surface area contributed by atoms with Gasteiger partial charge in [-0.05, 0) is 47.6 Å². The van der Waals surface area contributed by atoms with E-state index in [4.69, 9.17) is 5.73 Å². The van der Waals surface area contributed by atoms with Crippen molar-refractivity contribution in [3.63, 3.8) is 0 Å². The largest absolute Gasteiger partial charge is 0.397 e. The Morgan fingerprint density at radius 1 is 1.19 bits per heavy atom. The van der Waals surface area contributed by atoms with Gasteiger partial charge in [-0.15, -0.1) is 22.7 Å². The number of benzene rings is 1. The molecule has 0 spiro atoms. The molecule has 0 radical (unpaired) electrons. The number of thiophene rings is 2. The number of aryl methyl sites for hydroxylation is 1. The maximum Gasteiger partial charge on any atom is 0.268 e. The lowest BCUT2D eigenvalue weighted by molar-refractivity contribution is 0.103. The van der Waals surface area contributed by atoms with Gasteiger partial charge >= 0.3 is 0 Å². The summed E-state index contributed by atoms with van der Waals surface area (Å²) in [4.78, 5) is 20.1. The van der Waals surface area contributed by atoms with Crippen LogP contribution in [0.2, 0.25) is 0 Å². The van der Waals surface area contributed by atoms with E-state index in [1.165, 1.54) is 28.2 Å². The minimum atomic E-state index is -0.296. The number of carbonyl (C=O) groups is 1. The van der Waals surface area contributed by atoms with E-state index in [1.54, 1.807) is 0 Å². The second-order valence-electron chi connectivity index (χ2n) is 7.93. The topological polar surface area (TPSA) is 91.8 Å². The molecule has 1 aliphatic rings.